The lowest BCUT2D eigenvalue weighted by Gasteiger charge is -2.16. The summed E-state index contributed by atoms with van der Waals surface area (Å²) in [6.45, 7) is 2.63. The van der Waals surface area contributed by atoms with Crippen molar-refractivity contribution in [2.45, 2.75) is 11.3 Å². The zero-order valence-electron chi connectivity index (χ0n) is 14.2. The number of esters is 1. The number of hydrogen-bond donors (Lipinski definition) is 0. The van der Waals surface area contributed by atoms with E-state index in [4.69, 9.17) is 4.74 Å². The number of aromatic nitrogens is 1. The van der Waals surface area contributed by atoms with Crippen molar-refractivity contribution >= 4 is 46.7 Å². The molecule has 1 saturated heterocycles. The Bertz CT molecular complexity index is 805. The maximum Gasteiger partial charge on any atom is 0.333 e. The van der Waals surface area contributed by atoms with Crippen molar-refractivity contribution in [1.29, 1.82) is 0 Å². The summed E-state index contributed by atoms with van der Waals surface area (Å²) in [4.78, 5) is 30.0. The first-order valence-corrected chi connectivity index (χ1v) is 11.0. The van der Waals surface area contributed by atoms with Crippen molar-refractivity contribution in [1.82, 2.24) is 9.88 Å². The molecule has 136 valence electrons. The van der Waals surface area contributed by atoms with Crippen LogP contribution in [0.3, 0.4) is 0 Å². The van der Waals surface area contributed by atoms with Crippen molar-refractivity contribution < 1.29 is 14.3 Å². The lowest BCUT2D eigenvalue weighted by atomic mass is 10.2. The molecule has 1 fully saturated rings. The average molecular weight is 407 g/mol. The summed E-state index contributed by atoms with van der Waals surface area (Å²) in [5, 5.41) is 2.71. The summed E-state index contributed by atoms with van der Waals surface area (Å²) < 4.78 is 5.90. The fourth-order valence-electron chi connectivity index (χ4n) is 2.34. The summed E-state index contributed by atoms with van der Waals surface area (Å²) in [6, 6.07) is 10.1. The molecule has 0 saturated carbocycles. The van der Waals surface area contributed by atoms with Gasteiger partial charge < -0.3 is 9.64 Å². The van der Waals surface area contributed by atoms with Gasteiger partial charge in [-0.3, -0.25) is 4.79 Å². The minimum atomic E-state index is -0.408. The monoisotopic (exact) mass is 406 g/mol. The van der Waals surface area contributed by atoms with Gasteiger partial charge >= 0.3 is 5.97 Å². The third-order valence-corrected chi connectivity index (χ3v) is 6.56. The van der Waals surface area contributed by atoms with Gasteiger partial charge in [0, 0.05) is 23.2 Å². The molecule has 0 bridgehead atoms. The number of rotatable bonds is 7. The van der Waals surface area contributed by atoms with E-state index < -0.39 is 5.97 Å². The van der Waals surface area contributed by atoms with E-state index >= 15 is 0 Å². The van der Waals surface area contributed by atoms with E-state index in [1.165, 1.54) is 17.8 Å². The minimum absolute atomic E-state index is 0.0234. The summed E-state index contributed by atoms with van der Waals surface area (Å²) in [5.74, 6) is 0.699. The molecule has 0 spiro atoms. The predicted molar refractivity (Wildman–Crippen MR) is 107 cm³/mol. The highest BCUT2D eigenvalue weighted by molar-refractivity contribution is 8.04. The Labute approximate surface area is 164 Å². The van der Waals surface area contributed by atoms with E-state index in [2.05, 4.69) is 4.98 Å². The molecule has 0 aliphatic carbocycles. The van der Waals surface area contributed by atoms with Gasteiger partial charge in [-0.15, -0.1) is 11.3 Å². The molecular formula is C18H18N2O3S3. The predicted octanol–water partition coefficient (Wildman–Crippen LogP) is 3.88. The van der Waals surface area contributed by atoms with Crippen LogP contribution in [0.5, 0.6) is 0 Å². The molecule has 1 aliphatic rings. The third kappa shape index (κ3) is 4.90. The van der Waals surface area contributed by atoms with Gasteiger partial charge in [0.05, 0.1) is 29.2 Å². The normalized spacial score (nSPS) is 15.7. The molecule has 1 aromatic heterocycles. The van der Waals surface area contributed by atoms with Crippen LogP contribution in [0.2, 0.25) is 0 Å². The van der Waals surface area contributed by atoms with Gasteiger partial charge in [0.25, 0.3) is 0 Å². The summed E-state index contributed by atoms with van der Waals surface area (Å²) in [6.07, 6.45) is 1.40. The van der Waals surface area contributed by atoms with Crippen molar-refractivity contribution in [3.05, 3.63) is 46.8 Å². The highest BCUT2D eigenvalue weighted by Gasteiger charge is 2.27. The molecule has 3 rings (SSSR count). The van der Waals surface area contributed by atoms with Crippen LogP contribution in [0.4, 0.5) is 0 Å². The molecule has 2 aromatic rings. The smallest absolute Gasteiger partial charge is 0.333 e. The van der Waals surface area contributed by atoms with Crippen molar-refractivity contribution in [3.8, 4) is 11.3 Å². The molecule has 0 atom stereocenters. The molecule has 8 heteroatoms. The summed E-state index contributed by atoms with van der Waals surface area (Å²) >= 11 is 4.59. The first-order valence-electron chi connectivity index (χ1n) is 8.12. The van der Waals surface area contributed by atoms with Gasteiger partial charge in [0.2, 0.25) is 5.91 Å². The molecule has 1 amide bonds. The van der Waals surface area contributed by atoms with E-state index in [0.717, 1.165) is 15.6 Å². The van der Waals surface area contributed by atoms with E-state index in [-0.39, 0.29) is 5.91 Å². The van der Waals surface area contributed by atoms with Crippen molar-refractivity contribution in [2.24, 2.45) is 0 Å². The number of thiazole rings is 1. The number of benzene rings is 1. The first kappa shape index (κ1) is 19.0. The molecule has 1 aliphatic heterocycles. The van der Waals surface area contributed by atoms with E-state index in [1.807, 2.05) is 35.7 Å². The second kappa shape index (κ2) is 9.25. The second-order valence-electron chi connectivity index (χ2n) is 5.28. The van der Waals surface area contributed by atoms with Crippen molar-refractivity contribution in [3.63, 3.8) is 0 Å². The van der Waals surface area contributed by atoms with Crippen molar-refractivity contribution in [2.75, 3.05) is 24.7 Å². The summed E-state index contributed by atoms with van der Waals surface area (Å²) in [7, 11) is 0. The van der Waals surface area contributed by atoms with Crippen LogP contribution in [0.1, 0.15) is 6.92 Å². The van der Waals surface area contributed by atoms with Crippen LogP contribution in [-0.2, 0) is 14.3 Å². The Kier molecular flexibility index (Phi) is 6.76. The number of nitrogens with zero attached hydrogens (tertiary/aromatic N) is 2. The Balaban J connectivity index is 1.56. The second-order valence-corrected chi connectivity index (χ2v) is 8.48. The number of ether oxygens (including phenoxy) is 1. The largest absolute Gasteiger partial charge is 0.463 e. The highest BCUT2D eigenvalue weighted by Crippen LogP contribution is 2.31. The molecule has 0 N–H and O–H groups in total. The van der Waals surface area contributed by atoms with Crippen LogP contribution in [-0.4, -0.2) is 46.4 Å². The van der Waals surface area contributed by atoms with Gasteiger partial charge in [-0.05, 0) is 6.92 Å². The molecule has 26 heavy (non-hydrogen) atoms. The highest BCUT2D eigenvalue weighted by atomic mass is 32.2. The van der Waals surface area contributed by atoms with Gasteiger partial charge in [-0.25, -0.2) is 9.78 Å². The Hall–Kier alpha value is -1.77. The topological polar surface area (TPSA) is 59.5 Å². The fourth-order valence-corrected chi connectivity index (χ4v) is 5.13. The summed E-state index contributed by atoms with van der Waals surface area (Å²) in [5.41, 5.74) is 2.06. The van der Waals surface area contributed by atoms with Crippen LogP contribution in [0, 0.1) is 0 Å². The lowest BCUT2D eigenvalue weighted by molar-refractivity contribution is -0.137. The van der Waals surface area contributed by atoms with Crippen LogP contribution >= 0.6 is 34.9 Å². The molecular weight excluding hydrogens is 388 g/mol. The molecule has 5 nitrogen and oxygen atoms in total. The third-order valence-electron chi connectivity index (χ3n) is 3.53. The Morgan fingerprint density at radius 3 is 2.96 bits per heavy atom. The fraction of sp³-hybridized carbons (Fsp3) is 0.278. The molecule has 2 heterocycles. The number of carbonyl (C=O) groups excluding carboxylic acids is 2. The van der Waals surface area contributed by atoms with E-state index in [9.17, 15) is 9.59 Å². The molecule has 0 unspecified atom stereocenters. The zero-order chi connectivity index (χ0) is 18.4. The van der Waals surface area contributed by atoms with Gasteiger partial charge in [0.1, 0.15) is 0 Å². The SMILES string of the molecule is CCOC(=O)/C=C1\SCC(=O)N1CCSc1nc(-c2ccccc2)cs1. The Morgan fingerprint density at radius 1 is 1.38 bits per heavy atom. The quantitative estimate of drug-likeness (QED) is 0.395. The maximum atomic E-state index is 12.0. The van der Waals surface area contributed by atoms with Gasteiger partial charge in [-0.2, -0.15) is 0 Å². The van der Waals surface area contributed by atoms with Crippen LogP contribution < -0.4 is 0 Å². The van der Waals surface area contributed by atoms with E-state index in [0.29, 0.717) is 29.7 Å². The van der Waals surface area contributed by atoms with E-state index in [1.54, 1.807) is 34.9 Å². The maximum absolute atomic E-state index is 12.0. The zero-order valence-corrected chi connectivity index (χ0v) is 16.7. The number of hydrogen-bond acceptors (Lipinski definition) is 7. The number of amides is 1. The van der Waals surface area contributed by atoms with Gasteiger partial charge in [-0.1, -0.05) is 53.9 Å². The minimum Gasteiger partial charge on any atom is -0.463 e. The standard InChI is InChI=1S/C18H18N2O3S3/c1-2-23-17(22)10-16-20(15(21)12-25-16)8-9-24-18-19-14(11-26-18)13-6-4-3-5-7-13/h3-7,10-11H,2,8-9,12H2,1H3/b16-10-. The average Bonchev–Trinajstić information content (AvgIpc) is 3.25. The molecule has 0 radical (unpaired) electrons. The van der Waals surface area contributed by atoms with Crippen LogP contribution in [0.25, 0.3) is 11.3 Å². The Morgan fingerprint density at radius 2 is 2.19 bits per heavy atom. The first-order chi connectivity index (χ1) is 12.7. The number of thioether (sulfide) groups is 2. The lowest BCUT2D eigenvalue weighted by Crippen LogP contribution is -2.27. The number of carbonyl (C=O) groups is 2. The van der Waals surface area contributed by atoms with Crippen LogP contribution in [0.15, 0.2) is 51.2 Å². The molecule has 1 aromatic carbocycles. The van der Waals surface area contributed by atoms with Gasteiger partial charge in [0.15, 0.2) is 4.34 Å².